The minimum absolute atomic E-state index is 0.0451. The van der Waals surface area contributed by atoms with Crippen LogP contribution in [0.25, 0.3) is 22.4 Å². The maximum atomic E-state index is 13.8. The van der Waals surface area contributed by atoms with Crippen LogP contribution in [0.1, 0.15) is 45.2 Å². The smallest absolute Gasteiger partial charge is 0.410 e. The number of aryl methyl sites for hydroxylation is 1. The SMILES string of the molecule is Cn1c(=O)n(C[C@]2(C)CC2(F)F)c2ccc(-c3ccc4c(c3)CN(C(=O)OC(C)(C)C)CC4)nc21. The number of amides is 1. The molecule has 0 radical (unpaired) electrons. The van der Waals surface area contributed by atoms with Crippen molar-refractivity contribution in [2.75, 3.05) is 6.54 Å². The van der Waals surface area contributed by atoms with Gasteiger partial charge in [0.15, 0.2) is 5.65 Å². The third kappa shape index (κ3) is 4.10. The van der Waals surface area contributed by atoms with Crippen LogP contribution < -0.4 is 5.69 Å². The van der Waals surface area contributed by atoms with Crippen LogP contribution >= 0.6 is 0 Å². The van der Waals surface area contributed by atoms with E-state index in [1.165, 1.54) is 21.6 Å². The van der Waals surface area contributed by atoms with Crippen molar-refractivity contribution in [3.8, 4) is 11.3 Å². The molecule has 0 N–H and O–H groups in total. The summed E-state index contributed by atoms with van der Waals surface area (Å²) in [5.41, 5.74) is 2.60. The Labute approximate surface area is 202 Å². The molecule has 3 aromatic rings. The lowest BCUT2D eigenvalue weighted by molar-refractivity contribution is 0.0224. The van der Waals surface area contributed by atoms with E-state index in [0.29, 0.717) is 29.9 Å². The van der Waals surface area contributed by atoms with Gasteiger partial charge in [0.2, 0.25) is 0 Å². The van der Waals surface area contributed by atoms with E-state index < -0.39 is 16.9 Å². The van der Waals surface area contributed by atoms with E-state index in [1.807, 2.05) is 45.0 Å². The van der Waals surface area contributed by atoms with Gasteiger partial charge in [0, 0.05) is 38.7 Å². The van der Waals surface area contributed by atoms with Crippen molar-refractivity contribution in [2.24, 2.45) is 12.5 Å². The van der Waals surface area contributed by atoms with Crippen LogP contribution in [-0.2, 0) is 31.3 Å². The number of hydrogen-bond donors (Lipinski definition) is 0. The van der Waals surface area contributed by atoms with E-state index >= 15 is 0 Å². The molecule has 5 rings (SSSR count). The van der Waals surface area contributed by atoms with Gasteiger partial charge in [-0.2, -0.15) is 0 Å². The zero-order chi connectivity index (χ0) is 25.3. The minimum Gasteiger partial charge on any atom is -0.444 e. The van der Waals surface area contributed by atoms with Crippen LogP contribution in [0.4, 0.5) is 13.6 Å². The lowest BCUT2D eigenvalue weighted by atomic mass is 9.96. The monoisotopic (exact) mass is 484 g/mol. The quantitative estimate of drug-likeness (QED) is 0.539. The zero-order valence-corrected chi connectivity index (χ0v) is 20.7. The van der Waals surface area contributed by atoms with Crippen LogP contribution in [-0.4, -0.2) is 43.2 Å². The maximum Gasteiger partial charge on any atom is 0.410 e. The van der Waals surface area contributed by atoms with E-state index in [0.717, 1.165) is 17.5 Å². The van der Waals surface area contributed by atoms with E-state index in [4.69, 9.17) is 9.72 Å². The highest BCUT2D eigenvalue weighted by atomic mass is 19.3. The topological polar surface area (TPSA) is 69.4 Å². The maximum absolute atomic E-state index is 13.8. The lowest BCUT2D eigenvalue weighted by Crippen LogP contribution is -2.39. The molecule has 1 saturated carbocycles. The summed E-state index contributed by atoms with van der Waals surface area (Å²) in [6, 6.07) is 9.62. The number of benzene rings is 1. The molecule has 2 aromatic heterocycles. The van der Waals surface area contributed by atoms with Crippen LogP contribution in [0.5, 0.6) is 0 Å². The van der Waals surface area contributed by atoms with Crippen LogP contribution in [0.3, 0.4) is 0 Å². The second-order valence-corrected chi connectivity index (χ2v) is 11.0. The fourth-order valence-corrected chi connectivity index (χ4v) is 4.75. The molecule has 0 saturated heterocycles. The summed E-state index contributed by atoms with van der Waals surface area (Å²) in [4.78, 5) is 31.8. The first-order valence-corrected chi connectivity index (χ1v) is 11.8. The summed E-state index contributed by atoms with van der Waals surface area (Å²) in [6.07, 6.45) is 0.186. The van der Waals surface area contributed by atoms with Gasteiger partial charge in [-0.3, -0.25) is 9.13 Å². The van der Waals surface area contributed by atoms with Crippen molar-refractivity contribution in [3.63, 3.8) is 0 Å². The Morgan fingerprint density at radius 3 is 2.54 bits per heavy atom. The normalized spacial score (nSPS) is 21.2. The third-order valence-corrected chi connectivity index (χ3v) is 7.02. The largest absolute Gasteiger partial charge is 0.444 e. The van der Waals surface area contributed by atoms with Crippen molar-refractivity contribution in [2.45, 2.75) is 65.1 Å². The van der Waals surface area contributed by atoms with Gasteiger partial charge in [0.05, 0.1) is 16.6 Å². The average molecular weight is 485 g/mol. The van der Waals surface area contributed by atoms with Crippen LogP contribution in [0, 0.1) is 5.41 Å². The van der Waals surface area contributed by atoms with Gasteiger partial charge in [-0.25, -0.2) is 23.4 Å². The molecule has 1 aliphatic heterocycles. The summed E-state index contributed by atoms with van der Waals surface area (Å²) in [5.74, 6) is -2.75. The Kier molecular flexibility index (Phi) is 5.13. The molecule has 9 heteroatoms. The molecule has 186 valence electrons. The second kappa shape index (κ2) is 7.63. The molecule has 7 nitrogen and oxygen atoms in total. The number of carbonyl (C=O) groups excluding carboxylic acids is 1. The summed E-state index contributed by atoms with van der Waals surface area (Å²) in [7, 11) is 1.61. The number of alkyl halides is 2. The number of aromatic nitrogens is 3. The number of rotatable bonds is 3. The molecular weight excluding hydrogens is 454 g/mol. The van der Waals surface area contributed by atoms with Gasteiger partial charge in [0.1, 0.15) is 5.60 Å². The van der Waals surface area contributed by atoms with Crippen molar-refractivity contribution >= 4 is 17.3 Å². The summed E-state index contributed by atoms with van der Waals surface area (Å²) >= 11 is 0. The van der Waals surface area contributed by atoms with Gasteiger partial charge in [-0.15, -0.1) is 0 Å². The Bertz CT molecular complexity index is 1400. The number of carbonyl (C=O) groups is 1. The fourth-order valence-electron chi connectivity index (χ4n) is 4.75. The first-order valence-electron chi connectivity index (χ1n) is 11.8. The van der Waals surface area contributed by atoms with E-state index in [-0.39, 0.29) is 24.7 Å². The molecule has 2 aliphatic rings. The zero-order valence-electron chi connectivity index (χ0n) is 20.7. The predicted molar refractivity (Wildman–Crippen MR) is 128 cm³/mol. The number of pyridine rings is 1. The molecule has 1 fully saturated rings. The van der Waals surface area contributed by atoms with Crippen LogP contribution in [0.2, 0.25) is 0 Å². The highest BCUT2D eigenvalue weighted by Gasteiger charge is 2.68. The lowest BCUT2D eigenvalue weighted by Gasteiger charge is -2.31. The Hall–Kier alpha value is -3.23. The van der Waals surface area contributed by atoms with Gasteiger partial charge < -0.3 is 9.64 Å². The van der Waals surface area contributed by atoms with Gasteiger partial charge in [-0.05, 0) is 56.5 Å². The van der Waals surface area contributed by atoms with Crippen LogP contribution in [0.15, 0.2) is 35.1 Å². The van der Waals surface area contributed by atoms with Gasteiger partial charge in [-0.1, -0.05) is 19.1 Å². The molecule has 0 spiro atoms. The summed E-state index contributed by atoms with van der Waals surface area (Å²) in [6.45, 7) is 8.05. The Balaban J connectivity index is 1.45. The predicted octanol–water partition coefficient (Wildman–Crippen LogP) is 4.74. The van der Waals surface area contributed by atoms with E-state index in [9.17, 15) is 18.4 Å². The number of imidazole rings is 1. The highest BCUT2D eigenvalue weighted by molar-refractivity contribution is 5.77. The molecule has 1 aromatic carbocycles. The van der Waals surface area contributed by atoms with E-state index in [2.05, 4.69) is 0 Å². The molecule has 1 amide bonds. The minimum atomic E-state index is -2.75. The molecule has 3 heterocycles. The molecular formula is C26H30F2N4O3. The first-order chi connectivity index (χ1) is 16.3. The highest BCUT2D eigenvalue weighted by Crippen LogP contribution is 2.61. The first kappa shape index (κ1) is 23.5. The standard InChI is InChI=1S/C26H30F2N4O3/c1-24(2,3)35-23(34)31-11-10-16-6-7-17(12-18(16)13-31)19-8-9-20-21(29-19)30(5)22(33)32(20)15-25(4)14-26(25,27)28/h6-9,12H,10-11,13-15H2,1-5H3/t25-/m0/s1. The Morgan fingerprint density at radius 2 is 1.89 bits per heavy atom. The summed E-state index contributed by atoms with van der Waals surface area (Å²) in [5, 5.41) is 0. The number of ether oxygens (including phenoxy) is 1. The van der Waals surface area contributed by atoms with Crippen molar-refractivity contribution in [1.82, 2.24) is 19.0 Å². The van der Waals surface area contributed by atoms with Gasteiger partial charge in [0.25, 0.3) is 5.92 Å². The van der Waals surface area contributed by atoms with Crippen molar-refractivity contribution in [1.29, 1.82) is 0 Å². The molecule has 1 aliphatic carbocycles. The second-order valence-electron chi connectivity index (χ2n) is 11.0. The fraction of sp³-hybridized carbons (Fsp3) is 0.500. The number of hydrogen-bond acceptors (Lipinski definition) is 4. The number of fused-ring (bicyclic) bond motifs is 2. The van der Waals surface area contributed by atoms with Crippen molar-refractivity contribution < 1.29 is 18.3 Å². The third-order valence-electron chi connectivity index (χ3n) is 7.02. The number of nitrogens with zero attached hydrogens (tertiary/aromatic N) is 4. The van der Waals surface area contributed by atoms with Crippen molar-refractivity contribution in [3.05, 3.63) is 51.9 Å². The Morgan fingerprint density at radius 1 is 1.17 bits per heavy atom. The molecule has 0 bridgehead atoms. The molecule has 35 heavy (non-hydrogen) atoms. The molecule has 1 atom stereocenters. The summed E-state index contributed by atoms with van der Waals surface area (Å²) < 4.78 is 36.0. The van der Waals surface area contributed by atoms with Gasteiger partial charge >= 0.3 is 11.8 Å². The molecule has 0 unspecified atom stereocenters. The van der Waals surface area contributed by atoms with E-state index in [1.54, 1.807) is 18.0 Å². The number of halogens is 2. The average Bonchev–Trinajstić information content (AvgIpc) is 3.20.